The predicted octanol–water partition coefficient (Wildman–Crippen LogP) is -0.915. The number of carbonyl (C=O) groups excluding carboxylic acids is 1. The average molecular weight is 190 g/mol. The first-order valence-electron chi connectivity index (χ1n) is 3.87. The second kappa shape index (κ2) is 7.72. The van der Waals surface area contributed by atoms with Crippen LogP contribution in [-0.2, 0) is 14.3 Å². The minimum absolute atomic E-state index is 0.125. The monoisotopic (exact) mass is 190 g/mol. The van der Waals surface area contributed by atoms with Crippen LogP contribution in [0.1, 0.15) is 0 Å². The maximum atomic E-state index is 10.3. The van der Waals surface area contributed by atoms with Crippen molar-refractivity contribution in [2.45, 2.75) is 6.10 Å². The summed E-state index contributed by atoms with van der Waals surface area (Å²) in [4.78, 5) is 10.3. The van der Waals surface area contributed by atoms with Gasteiger partial charge >= 0.3 is 5.97 Å². The third-order valence-corrected chi connectivity index (χ3v) is 1.08. The number of hydrogen-bond donors (Lipinski definition) is 2. The second-order valence-corrected chi connectivity index (χ2v) is 2.24. The van der Waals surface area contributed by atoms with E-state index < -0.39 is 0 Å². The lowest BCUT2D eigenvalue weighted by Gasteiger charge is -1.94. The van der Waals surface area contributed by atoms with Gasteiger partial charge in [-0.3, -0.25) is 0 Å². The third kappa shape index (κ3) is 9.00. The molecule has 5 heteroatoms. The first kappa shape index (κ1) is 12.1. The molecule has 0 spiro atoms. The highest BCUT2D eigenvalue weighted by Gasteiger charge is 2.23. The average Bonchev–Trinajstić information content (AvgIpc) is 2.98. The van der Waals surface area contributed by atoms with Gasteiger partial charge in [0.05, 0.1) is 19.8 Å². The normalized spacial score (nSPS) is 18.2. The van der Waals surface area contributed by atoms with Crippen molar-refractivity contribution in [1.82, 2.24) is 0 Å². The Bertz CT molecular complexity index is 151. The summed E-state index contributed by atoms with van der Waals surface area (Å²) >= 11 is 0. The molecule has 0 aromatic rings. The standard InChI is InChI=1S/C6H8O3.C2H6O2/c1-2-6(7)9-4-5-3-8-5;3-1-2-4/h2,5H,1,3-4H2;3-4H,1-2H2. The largest absolute Gasteiger partial charge is 0.460 e. The predicted molar refractivity (Wildman–Crippen MR) is 45.1 cm³/mol. The number of ether oxygens (including phenoxy) is 2. The van der Waals surface area contributed by atoms with Gasteiger partial charge in [-0.2, -0.15) is 0 Å². The van der Waals surface area contributed by atoms with Gasteiger partial charge in [0.1, 0.15) is 12.7 Å². The molecule has 1 aliphatic heterocycles. The fourth-order valence-corrected chi connectivity index (χ4v) is 0.398. The molecular formula is C8H14O5. The molecule has 1 heterocycles. The molecular weight excluding hydrogens is 176 g/mol. The van der Waals surface area contributed by atoms with Crippen molar-refractivity contribution in [3.8, 4) is 0 Å². The van der Waals surface area contributed by atoms with E-state index in [4.69, 9.17) is 14.9 Å². The van der Waals surface area contributed by atoms with E-state index in [2.05, 4.69) is 11.3 Å². The van der Waals surface area contributed by atoms with Crippen LogP contribution in [0.15, 0.2) is 12.7 Å². The lowest BCUT2D eigenvalue weighted by molar-refractivity contribution is -0.138. The Labute approximate surface area is 76.6 Å². The van der Waals surface area contributed by atoms with Crippen LogP contribution < -0.4 is 0 Å². The molecule has 0 aromatic carbocycles. The molecule has 2 N–H and O–H groups in total. The van der Waals surface area contributed by atoms with Crippen LogP contribution in [0.4, 0.5) is 0 Å². The molecule has 76 valence electrons. The lowest BCUT2D eigenvalue weighted by Crippen LogP contribution is -2.06. The summed E-state index contributed by atoms with van der Waals surface area (Å²) in [6.45, 7) is 4.07. The highest BCUT2D eigenvalue weighted by molar-refractivity contribution is 5.81. The van der Waals surface area contributed by atoms with Gasteiger partial charge < -0.3 is 19.7 Å². The SMILES string of the molecule is C=CC(=O)OCC1CO1.OCCO. The zero-order valence-corrected chi connectivity index (χ0v) is 7.31. The van der Waals surface area contributed by atoms with Crippen molar-refractivity contribution >= 4 is 5.97 Å². The summed E-state index contributed by atoms with van der Waals surface area (Å²) < 4.78 is 9.42. The first-order valence-corrected chi connectivity index (χ1v) is 3.87. The maximum absolute atomic E-state index is 10.3. The molecule has 0 amide bonds. The molecule has 0 saturated carbocycles. The van der Waals surface area contributed by atoms with Gasteiger partial charge in [-0.15, -0.1) is 0 Å². The van der Waals surface area contributed by atoms with Crippen molar-refractivity contribution < 1.29 is 24.5 Å². The van der Waals surface area contributed by atoms with Gasteiger partial charge in [0, 0.05) is 6.08 Å². The first-order chi connectivity index (χ1) is 6.24. The molecule has 0 bridgehead atoms. The van der Waals surface area contributed by atoms with Crippen molar-refractivity contribution in [2.24, 2.45) is 0 Å². The van der Waals surface area contributed by atoms with E-state index in [1.165, 1.54) is 0 Å². The fourth-order valence-electron chi connectivity index (χ4n) is 0.398. The van der Waals surface area contributed by atoms with Crippen molar-refractivity contribution in [2.75, 3.05) is 26.4 Å². The zero-order valence-electron chi connectivity index (χ0n) is 7.31. The minimum atomic E-state index is -0.384. The minimum Gasteiger partial charge on any atom is -0.460 e. The van der Waals surface area contributed by atoms with Crippen LogP contribution in [0.3, 0.4) is 0 Å². The summed E-state index contributed by atoms with van der Waals surface area (Å²) in [5, 5.41) is 15.2. The Morgan fingerprint density at radius 1 is 1.62 bits per heavy atom. The zero-order chi connectivity index (χ0) is 10.1. The van der Waals surface area contributed by atoms with Gasteiger partial charge in [-0.1, -0.05) is 6.58 Å². The molecule has 0 aliphatic carbocycles. The van der Waals surface area contributed by atoms with Crippen LogP contribution in [0.25, 0.3) is 0 Å². The number of aliphatic hydroxyl groups excluding tert-OH is 2. The summed E-state index contributed by atoms with van der Waals surface area (Å²) in [5.41, 5.74) is 0. The molecule has 0 radical (unpaired) electrons. The third-order valence-electron chi connectivity index (χ3n) is 1.08. The van der Waals surface area contributed by atoms with Crippen LogP contribution in [-0.4, -0.2) is 48.7 Å². The summed E-state index contributed by atoms with van der Waals surface area (Å²) in [7, 11) is 0. The van der Waals surface area contributed by atoms with E-state index in [-0.39, 0.29) is 25.3 Å². The molecule has 1 saturated heterocycles. The number of carbonyl (C=O) groups is 1. The molecule has 1 aliphatic rings. The van der Waals surface area contributed by atoms with E-state index in [0.717, 1.165) is 6.08 Å². The van der Waals surface area contributed by atoms with E-state index >= 15 is 0 Å². The van der Waals surface area contributed by atoms with Crippen LogP contribution in [0, 0.1) is 0 Å². The van der Waals surface area contributed by atoms with Crippen LogP contribution in [0.5, 0.6) is 0 Å². The number of aliphatic hydroxyl groups is 2. The van der Waals surface area contributed by atoms with Crippen molar-refractivity contribution in [3.63, 3.8) is 0 Å². The van der Waals surface area contributed by atoms with Gasteiger partial charge in [0.2, 0.25) is 0 Å². The number of rotatable bonds is 4. The highest BCUT2D eigenvalue weighted by atomic mass is 16.6. The number of epoxide rings is 1. The Morgan fingerprint density at radius 2 is 2.15 bits per heavy atom. The Hall–Kier alpha value is -0.910. The van der Waals surface area contributed by atoms with E-state index in [1.54, 1.807) is 0 Å². The quantitative estimate of drug-likeness (QED) is 0.340. The topological polar surface area (TPSA) is 79.3 Å². The van der Waals surface area contributed by atoms with E-state index in [9.17, 15) is 4.79 Å². The smallest absolute Gasteiger partial charge is 0.330 e. The molecule has 0 aromatic heterocycles. The second-order valence-electron chi connectivity index (χ2n) is 2.24. The Balaban J connectivity index is 0.000000310. The molecule has 1 fully saturated rings. The van der Waals surface area contributed by atoms with Crippen LogP contribution in [0.2, 0.25) is 0 Å². The molecule has 13 heavy (non-hydrogen) atoms. The molecule has 1 unspecified atom stereocenters. The molecule has 1 rings (SSSR count). The Kier molecular flexibility index (Phi) is 7.18. The van der Waals surface area contributed by atoms with E-state index in [0.29, 0.717) is 13.2 Å². The number of hydrogen-bond acceptors (Lipinski definition) is 5. The van der Waals surface area contributed by atoms with Gasteiger partial charge in [0.25, 0.3) is 0 Å². The Morgan fingerprint density at radius 3 is 2.46 bits per heavy atom. The van der Waals surface area contributed by atoms with Gasteiger partial charge in [0.15, 0.2) is 0 Å². The van der Waals surface area contributed by atoms with Crippen molar-refractivity contribution in [3.05, 3.63) is 12.7 Å². The van der Waals surface area contributed by atoms with Crippen molar-refractivity contribution in [1.29, 1.82) is 0 Å². The number of esters is 1. The van der Waals surface area contributed by atoms with Crippen LogP contribution >= 0.6 is 0 Å². The molecule has 5 nitrogen and oxygen atoms in total. The van der Waals surface area contributed by atoms with Gasteiger partial charge in [-0.25, -0.2) is 4.79 Å². The highest BCUT2D eigenvalue weighted by Crippen LogP contribution is 2.08. The maximum Gasteiger partial charge on any atom is 0.330 e. The summed E-state index contributed by atoms with van der Waals surface area (Å²) in [6.07, 6.45) is 1.29. The lowest BCUT2D eigenvalue weighted by atomic mass is 10.5. The van der Waals surface area contributed by atoms with E-state index in [1.807, 2.05) is 0 Å². The summed E-state index contributed by atoms with van der Waals surface area (Å²) in [6, 6.07) is 0. The van der Waals surface area contributed by atoms with Gasteiger partial charge in [-0.05, 0) is 0 Å². The fraction of sp³-hybridized carbons (Fsp3) is 0.625. The molecule has 1 atom stereocenters. The summed E-state index contributed by atoms with van der Waals surface area (Å²) in [5.74, 6) is -0.384.